The van der Waals surface area contributed by atoms with Crippen LogP contribution in [0.4, 0.5) is 0 Å². The molecule has 1 unspecified atom stereocenters. The highest BCUT2D eigenvalue weighted by molar-refractivity contribution is 5.83. The SMILES string of the molecule is Cc1c[nH]c2ncc(-c3cc4n(n3)CCC43CCN(Cc4ncc[nH]4)C3)cc12. The van der Waals surface area contributed by atoms with E-state index in [0.717, 1.165) is 48.9 Å². The molecule has 0 saturated carbocycles. The van der Waals surface area contributed by atoms with Crippen LogP contribution >= 0.6 is 0 Å². The third-order valence-electron chi connectivity index (χ3n) is 6.52. The van der Waals surface area contributed by atoms with Gasteiger partial charge in [-0.3, -0.25) is 9.58 Å². The first-order chi connectivity index (χ1) is 13.7. The lowest BCUT2D eigenvalue weighted by atomic mass is 9.82. The molecule has 6 heterocycles. The van der Waals surface area contributed by atoms with Crippen LogP contribution in [0.3, 0.4) is 0 Å². The van der Waals surface area contributed by atoms with Crippen molar-refractivity contribution in [3.05, 3.63) is 54.0 Å². The molecule has 1 fully saturated rings. The number of rotatable bonds is 3. The Morgan fingerprint density at radius 1 is 1.14 bits per heavy atom. The summed E-state index contributed by atoms with van der Waals surface area (Å²) in [5.41, 5.74) is 5.90. The second kappa shape index (κ2) is 5.78. The van der Waals surface area contributed by atoms with Gasteiger partial charge in [-0.15, -0.1) is 0 Å². The Balaban J connectivity index is 1.31. The van der Waals surface area contributed by atoms with Crippen molar-refractivity contribution in [3.8, 4) is 11.3 Å². The topological polar surface area (TPSA) is 78.4 Å². The van der Waals surface area contributed by atoms with Gasteiger partial charge >= 0.3 is 0 Å². The number of H-pyrrole nitrogens is 2. The van der Waals surface area contributed by atoms with Gasteiger partial charge in [0.05, 0.1) is 12.2 Å². The fourth-order valence-electron chi connectivity index (χ4n) is 4.98. The molecule has 4 aromatic heterocycles. The average Bonchev–Trinajstić information content (AvgIpc) is 3.50. The summed E-state index contributed by atoms with van der Waals surface area (Å²) in [5.74, 6) is 1.05. The maximum atomic E-state index is 4.93. The van der Waals surface area contributed by atoms with E-state index in [2.05, 4.69) is 48.6 Å². The van der Waals surface area contributed by atoms with E-state index in [1.165, 1.54) is 29.5 Å². The van der Waals surface area contributed by atoms with Gasteiger partial charge in [-0.2, -0.15) is 5.10 Å². The largest absolute Gasteiger partial charge is 0.348 e. The summed E-state index contributed by atoms with van der Waals surface area (Å²) in [5, 5.41) is 6.10. The molecule has 1 saturated heterocycles. The summed E-state index contributed by atoms with van der Waals surface area (Å²) in [6, 6.07) is 4.50. The zero-order valence-corrected chi connectivity index (χ0v) is 15.9. The molecule has 28 heavy (non-hydrogen) atoms. The van der Waals surface area contributed by atoms with Crippen LogP contribution in [0.2, 0.25) is 0 Å². The number of imidazole rings is 1. The van der Waals surface area contributed by atoms with Crippen molar-refractivity contribution in [2.75, 3.05) is 13.1 Å². The number of aromatic amines is 2. The first-order valence-corrected chi connectivity index (χ1v) is 9.93. The van der Waals surface area contributed by atoms with Gasteiger partial charge in [-0.05, 0) is 44.0 Å². The summed E-state index contributed by atoms with van der Waals surface area (Å²) in [6.07, 6.45) is 10.0. The Morgan fingerprint density at radius 3 is 2.96 bits per heavy atom. The van der Waals surface area contributed by atoms with Crippen molar-refractivity contribution in [1.29, 1.82) is 0 Å². The van der Waals surface area contributed by atoms with E-state index in [-0.39, 0.29) is 5.41 Å². The third kappa shape index (κ3) is 2.36. The summed E-state index contributed by atoms with van der Waals surface area (Å²) >= 11 is 0. The van der Waals surface area contributed by atoms with Crippen molar-refractivity contribution in [3.63, 3.8) is 0 Å². The highest BCUT2D eigenvalue weighted by Gasteiger charge is 2.45. The minimum atomic E-state index is 0.222. The molecular weight excluding hydrogens is 350 g/mol. The second-order valence-electron chi connectivity index (χ2n) is 8.26. The van der Waals surface area contributed by atoms with Crippen LogP contribution < -0.4 is 0 Å². The van der Waals surface area contributed by atoms with Gasteiger partial charge in [0.25, 0.3) is 0 Å². The van der Waals surface area contributed by atoms with E-state index in [1.807, 2.05) is 24.8 Å². The van der Waals surface area contributed by atoms with Crippen LogP contribution in [0, 0.1) is 6.92 Å². The molecule has 0 aromatic carbocycles. The van der Waals surface area contributed by atoms with Crippen molar-refractivity contribution >= 4 is 11.0 Å². The van der Waals surface area contributed by atoms with E-state index in [1.54, 1.807) is 0 Å². The van der Waals surface area contributed by atoms with Crippen LogP contribution in [-0.2, 0) is 18.5 Å². The minimum absolute atomic E-state index is 0.222. The molecule has 6 rings (SSSR count). The number of pyridine rings is 1. The first kappa shape index (κ1) is 16.1. The predicted molar refractivity (Wildman–Crippen MR) is 107 cm³/mol. The van der Waals surface area contributed by atoms with Crippen LogP contribution in [0.15, 0.2) is 36.9 Å². The van der Waals surface area contributed by atoms with Gasteiger partial charge < -0.3 is 9.97 Å². The smallest absolute Gasteiger partial charge is 0.137 e. The Kier molecular flexibility index (Phi) is 3.32. The van der Waals surface area contributed by atoms with E-state index in [4.69, 9.17) is 5.10 Å². The van der Waals surface area contributed by atoms with Crippen LogP contribution in [0.5, 0.6) is 0 Å². The molecular formula is C21H23N7. The molecule has 2 N–H and O–H groups in total. The van der Waals surface area contributed by atoms with Gasteiger partial charge in [0.2, 0.25) is 0 Å². The summed E-state index contributed by atoms with van der Waals surface area (Å²) < 4.78 is 2.22. The maximum Gasteiger partial charge on any atom is 0.137 e. The lowest BCUT2D eigenvalue weighted by molar-refractivity contribution is 0.295. The quantitative estimate of drug-likeness (QED) is 0.579. The van der Waals surface area contributed by atoms with Gasteiger partial charge in [-0.1, -0.05) is 0 Å². The molecule has 142 valence electrons. The lowest BCUT2D eigenvalue weighted by Gasteiger charge is -2.23. The summed E-state index contributed by atoms with van der Waals surface area (Å²) in [7, 11) is 0. The fourth-order valence-corrected chi connectivity index (χ4v) is 4.98. The molecule has 4 aromatic rings. The van der Waals surface area contributed by atoms with E-state index in [0.29, 0.717) is 0 Å². The molecule has 1 spiro atoms. The highest BCUT2D eigenvalue weighted by Crippen LogP contribution is 2.44. The first-order valence-electron chi connectivity index (χ1n) is 9.93. The van der Waals surface area contributed by atoms with E-state index >= 15 is 0 Å². The molecule has 2 aliphatic heterocycles. The Bertz CT molecular complexity index is 1150. The van der Waals surface area contributed by atoms with Crippen LogP contribution in [0.1, 0.15) is 29.9 Å². The van der Waals surface area contributed by atoms with Gasteiger partial charge in [0, 0.05) is 59.9 Å². The van der Waals surface area contributed by atoms with E-state index in [9.17, 15) is 0 Å². The normalized spacial score (nSPS) is 21.9. The average molecular weight is 373 g/mol. The standard InChI is InChI=1S/C21H23N7/c1-14-10-24-20-16(14)8-15(11-25-20)17-9-18-21(3-7-28(18)26-17)2-6-27(13-21)12-19-22-4-5-23-19/h4-5,8-11H,2-3,6-7,12-13H2,1H3,(H,22,23)(H,24,25). The fraction of sp³-hybridized carbons (Fsp3) is 0.381. The number of aromatic nitrogens is 6. The molecule has 0 aliphatic carbocycles. The second-order valence-corrected chi connectivity index (χ2v) is 8.26. The van der Waals surface area contributed by atoms with Gasteiger partial charge in [0.1, 0.15) is 11.5 Å². The van der Waals surface area contributed by atoms with Crippen molar-refractivity contribution in [1.82, 2.24) is 34.6 Å². The Hall–Kier alpha value is -2.93. The molecule has 7 nitrogen and oxygen atoms in total. The minimum Gasteiger partial charge on any atom is -0.348 e. The molecule has 2 aliphatic rings. The number of aryl methyl sites for hydroxylation is 2. The summed E-state index contributed by atoms with van der Waals surface area (Å²) in [4.78, 5) is 17.9. The summed E-state index contributed by atoms with van der Waals surface area (Å²) in [6.45, 7) is 6.19. The molecule has 0 bridgehead atoms. The predicted octanol–water partition coefficient (Wildman–Crippen LogP) is 3.01. The maximum absolute atomic E-state index is 4.93. The highest BCUT2D eigenvalue weighted by atomic mass is 15.3. The van der Waals surface area contributed by atoms with Crippen molar-refractivity contribution < 1.29 is 0 Å². The van der Waals surface area contributed by atoms with E-state index < -0.39 is 0 Å². The van der Waals surface area contributed by atoms with Crippen molar-refractivity contribution in [2.24, 2.45) is 0 Å². The number of hydrogen-bond donors (Lipinski definition) is 2. The van der Waals surface area contributed by atoms with Crippen LogP contribution in [0.25, 0.3) is 22.3 Å². The number of nitrogens with one attached hydrogen (secondary N) is 2. The Labute approximate surface area is 162 Å². The number of hydrogen-bond acceptors (Lipinski definition) is 4. The van der Waals surface area contributed by atoms with Gasteiger partial charge in [-0.25, -0.2) is 9.97 Å². The number of nitrogens with zero attached hydrogens (tertiary/aromatic N) is 5. The van der Waals surface area contributed by atoms with Gasteiger partial charge in [0.15, 0.2) is 0 Å². The Morgan fingerprint density at radius 2 is 2.07 bits per heavy atom. The monoisotopic (exact) mass is 373 g/mol. The number of likely N-dealkylation sites (tertiary alicyclic amines) is 1. The number of fused-ring (bicyclic) bond motifs is 3. The van der Waals surface area contributed by atoms with Crippen molar-refractivity contribution in [2.45, 2.75) is 38.3 Å². The lowest BCUT2D eigenvalue weighted by Crippen LogP contribution is -2.29. The molecule has 0 amide bonds. The molecule has 0 radical (unpaired) electrons. The van der Waals surface area contributed by atoms with Crippen LogP contribution in [-0.4, -0.2) is 47.7 Å². The zero-order chi connectivity index (χ0) is 18.7. The molecule has 7 heteroatoms. The molecule has 1 atom stereocenters. The third-order valence-corrected chi connectivity index (χ3v) is 6.52. The zero-order valence-electron chi connectivity index (χ0n) is 15.9.